The molecule has 5 nitrogen and oxygen atoms in total. The van der Waals surface area contributed by atoms with Crippen molar-refractivity contribution in [3.63, 3.8) is 0 Å². The lowest BCUT2D eigenvalue weighted by Gasteiger charge is -2.54. The SMILES string of the molecule is COC(=O)[C@@]1(C)CCC[C@]2(C)c3cc(NC(=O)OC(C)(C)C)ccc3CC[C@@H]12. The van der Waals surface area contributed by atoms with Crippen molar-refractivity contribution in [2.75, 3.05) is 12.4 Å². The van der Waals surface area contributed by atoms with E-state index in [0.29, 0.717) is 0 Å². The van der Waals surface area contributed by atoms with Crippen LogP contribution in [0.15, 0.2) is 18.2 Å². The van der Waals surface area contributed by atoms with Gasteiger partial charge in [-0.25, -0.2) is 4.79 Å². The Hall–Kier alpha value is -2.04. The molecule has 5 heteroatoms. The molecule has 2 aliphatic rings. The topological polar surface area (TPSA) is 64.6 Å². The number of anilines is 1. The van der Waals surface area contributed by atoms with Crippen molar-refractivity contribution >= 4 is 17.7 Å². The zero-order valence-corrected chi connectivity index (χ0v) is 18.0. The first-order valence-electron chi connectivity index (χ1n) is 10.2. The number of carbonyl (C=O) groups is 2. The van der Waals surface area contributed by atoms with E-state index in [0.717, 1.165) is 37.8 Å². The standard InChI is InChI=1S/C23H33NO4/c1-21(2,3)28-20(26)24-16-10-8-15-9-11-18-22(4,17(15)14-16)12-7-13-23(18,5)19(25)27-6/h8,10,14,18H,7,9,11-13H2,1-6H3,(H,24,26)/t18-,22-,23+/m1/s1. The number of nitrogens with one attached hydrogen (secondary N) is 1. The molecule has 0 bridgehead atoms. The average Bonchev–Trinajstić information content (AvgIpc) is 2.59. The lowest BCUT2D eigenvalue weighted by atomic mass is 9.50. The van der Waals surface area contributed by atoms with E-state index in [-0.39, 0.29) is 17.3 Å². The van der Waals surface area contributed by atoms with Crippen molar-refractivity contribution in [2.45, 2.75) is 77.7 Å². The first-order valence-corrected chi connectivity index (χ1v) is 10.2. The Morgan fingerprint density at radius 1 is 1.18 bits per heavy atom. The average molecular weight is 388 g/mol. The Bertz CT molecular complexity index is 781. The van der Waals surface area contributed by atoms with Gasteiger partial charge in [-0.3, -0.25) is 10.1 Å². The molecular weight excluding hydrogens is 354 g/mol. The van der Waals surface area contributed by atoms with E-state index < -0.39 is 17.1 Å². The van der Waals surface area contributed by atoms with Gasteiger partial charge in [0.2, 0.25) is 0 Å². The third-order valence-corrected chi connectivity index (χ3v) is 6.65. The molecule has 2 aliphatic carbocycles. The van der Waals surface area contributed by atoms with Crippen LogP contribution in [0.5, 0.6) is 0 Å². The number of hydrogen-bond donors (Lipinski definition) is 1. The van der Waals surface area contributed by atoms with Gasteiger partial charge in [-0.1, -0.05) is 19.4 Å². The molecule has 1 aromatic carbocycles. The highest BCUT2D eigenvalue weighted by atomic mass is 16.6. The van der Waals surface area contributed by atoms with Crippen molar-refractivity contribution in [1.82, 2.24) is 0 Å². The quantitative estimate of drug-likeness (QED) is 0.707. The van der Waals surface area contributed by atoms with Gasteiger partial charge >= 0.3 is 12.1 Å². The molecule has 0 saturated heterocycles. The summed E-state index contributed by atoms with van der Waals surface area (Å²) in [5, 5.41) is 2.86. The molecule has 0 heterocycles. The van der Waals surface area contributed by atoms with Crippen LogP contribution in [0, 0.1) is 11.3 Å². The van der Waals surface area contributed by atoms with Gasteiger partial charge in [0.1, 0.15) is 5.60 Å². The van der Waals surface area contributed by atoms with E-state index in [1.54, 1.807) is 0 Å². The lowest BCUT2D eigenvalue weighted by Crippen LogP contribution is -2.52. The lowest BCUT2D eigenvalue weighted by molar-refractivity contribution is -0.161. The summed E-state index contributed by atoms with van der Waals surface area (Å²) in [6.45, 7) is 9.88. The van der Waals surface area contributed by atoms with Crippen LogP contribution in [0.25, 0.3) is 0 Å². The maximum atomic E-state index is 12.6. The Morgan fingerprint density at radius 3 is 2.54 bits per heavy atom. The van der Waals surface area contributed by atoms with Gasteiger partial charge in [-0.2, -0.15) is 0 Å². The maximum absolute atomic E-state index is 12.6. The monoisotopic (exact) mass is 387 g/mol. The molecule has 1 saturated carbocycles. The highest BCUT2D eigenvalue weighted by Gasteiger charge is 2.55. The zero-order chi connectivity index (χ0) is 20.7. The van der Waals surface area contributed by atoms with Gasteiger partial charge in [-0.15, -0.1) is 0 Å². The minimum atomic E-state index is -0.541. The third kappa shape index (κ3) is 3.63. The van der Waals surface area contributed by atoms with Crippen LogP contribution >= 0.6 is 0 Å². The van der Waals surface area contributed by atoms with E-state index in [1.165, 1.54) is 18.2 Å². The molecule has 0 spiro atoms. The largest absolute Gasteiger partial charge is 0.469 e. The molecule has 0 radical (unpaired) electrons. The number of carbonyl (C=O) groups excluding carboxylic acids is 2. The Morgan fingerprint density at radius 2 is 1.89 bits per heavy atom. The molecule has 3 rings (SSSR count). The van der Waals surface area contributed by atoms with Gasteiger partial charge in [0.25, 0.3) is 0 Å². The summed E-state index contributed by atoms with van der Waals surface area (Å²) in [4.78, 5) is 24.8. The number of rotatable bonds is 2. The molecule has 1 amide bonds. The second kappa shape index (κ2) is 7.09. The first-order chi connectivity index (χ1) is 13.0. The molecule has 3 atom stereocenters. The molecule has 154 valence electrons. The fraction of sp³-hybridized carbons (Fsp3) is 0.652. The minimum absolute atomic E-state index is 0.102. The van der Waals surface area contributed by atoms with Crippen molar-refractivity contribution in [2.24, 2.45) is 11.3 Å². The number of amides is 1. The van der Waals surface area contributed by atoms with Crippen LogP contribution in [0.1, 0.15) is 71.4 Å². The fourth-order valence-electron chi connectivity index (χ4n) is 5.44. The van der Waals surface area contributed by atoms with Gasteiger partial charge in [0.15, 0.2) is 0 Å². The molecule has 1 N–H and O–H groups in total. The summed E-state index contributed by atoms with van der Waals surface area (Å²) in [6, 6.07) is 6.12. The Balaban J connectivity index is 1.93. The van der Waals surface area contributed by atoms with Crippen molar-refractivity contribution in [3.05, 3.63) is 29.3 Å². The summed E-state index contributed by atoms with van der Waals surface area (Å²) in [6.07, 6.45) is 4.36. The number of esters is 1. The predicted molar refractivity (Wildman–Crippen MR) is 109 cm³/mol. The normalized spacial score (nSPS) is 29.3. The maximum Gasteiger partial charge on any atom is 0.412 e. The highest BCUT2D eigenvalue weighted by Crippen LogP contribution is 2.57. The van der Waals surface area contributed by atoms with Gasteiger partial charge in [0.05, 0.1) is 12.5 Å². The Labute approximate surface area is 168 Å². The molecule has 28 heavy (non-hydrogen) atoms. The molecule has 1 fully saturated rings. The van der Waals surface area contributed by atoms with Crippen LogP contribution in [0.4, 0.5) is 10.5 Å². The fourth-order valence-corrected chi connectivity index (χ4v) is 5.44. The Kier molecular flexibility index (Phi) is 5.24. The minimum Gasteiger partial charge on any atom is -0.469 e. The predicted octanol–water partition coefficient (Wildman–Crippen LogP) is 5.22. The van der Waals surface area contributed by atoms with Crippen LogP contribution < -0.4 is 5.32 Å². The molecule has 1 aromatic rings. The van der Waals surface area contributed by atoms with E-state index >= 15 is 0 Å². The van der Waals surface area contributed by atoms with Crippen molar-refractivity contribution in [3.8, 4) is 0 Å². The summed E-state index contributed by atoms with van der Waals surface area (Å²) in [5.74, 6) is 0.125. The second-order valence-corrected chi connectivity index (χ2v) is 9.77. The van der Waals surface area contributed by atoms with E-state index in [9.17, 15) is 9.59 Å². The number of ether oxygens (including phenoxy) is 2. The molecule has 0 aromatic heterocycles. The molecular formula is C23H33NO4. The number of hydrogen-bond acceptors (Lipinski definition) is 4. The van der Waals surface area contributed by atoms with E-state index in [1.807, 2.05) is 26.8 Å². The van der Waals surface area contributed by atoms with Crippen LogP contribution in [-0.2, 0) is 26.1 Å². The van der Waals surface area contributed by atoms with E-state index in [2.05, 4.69) is 31.3 Å². The smallest absolute Gasteiger partial charge is 0.412 e. The van der Waals surface area contributed by atoms with Crippen LogP contribution in [0.2, 0.25) is 0 Å². The molecule has 0 unspecified atom stereocenters. The number of aryl methyl sites for hydroxylation is 1. The number of benzene rings is 1. The van der Waals surface area contributed by atoms with Crippen LogP contribution in [0.3, 0.4) is 0 Å². The summed E-state index contributed by atoms with van der Waals surface area (Å²) >= 11 is 0. The molecule has 0 aliphatic heterocycles. The van der Waals surface area contributed by atoms with Gasteiger partial charge < -0.3 is 9.47 Å². The van der Waals surface area contributed by atoms with Crippen molar-refractivity contribution in [1.29, 1.82) is 0 Å². The first kappa shape index (κ1) is 20.7. The van der Waals surface area contributed by atoms with Gasteiger partial charge in [-0.05, 0) is 88.0 Å². The van der Waals surface area contributed by atoms with E-state index in [4.69, 9.17) is 9.47 Å². The van der Waals surface area contributed by atoms with Gasteiger partial charge in [0, 0.05) is 5.69 Å². The van der Waals surface area contributed by atoms with Crippen LogP contribution in [-0.4, -0.2) is 24.8 Å². The van der Waals surface area contributed by atoms with Crippen molar-refractivity contribution < 1.29 is 19.1 Å². The summed E-state index contributed by atoms with van der Waals surface area (Å²) < 4.78 is 10.6. The third-order valence-electron chi connectivity index (χ3n) is 6.65. The number of fused-ring (bicyclic) bond motifs is 3. The summed E-state index contributed by atoms with van der Waals surface area (Å²) in [5.41, 5.74) is 2.17. The second-order valence-electron chi connectivity index (χ2n) is 9.77. The zero-order valence-electron chi connectivity index (χ0n) is 18.0. The number of methoxy groups -OCH3 is 1. The summed E-state index contributed by atoms with van der Waals surface area (Å²) in [7, 11) is 1.49. The highest BCUT2D eigenvalue weighted by molar-refractivity contribution is 5.85.